The average molecular weight is 126 g/mol. The van der Waals surface area contributed by atoms with Crippen molar-refractivity contribution in [1.29, 1.82) is 0 Å². The molecule has 3 atom stereocenters. The lowest BCUT2D eigenvalue weighted by Gasteiger charge is -2.03. The van der Waals surface area contributed by atoms with Crippen molar-refractivity contribution in [3.8, 4) is 0 Å². The molecule has 2 nitrogen and oxygen atoms in total. The minimum atomic E-state index is -0.0700. The molecule has 0 radical (unpaired) electrons. The van der Waals surface area contributed by atoms with Gasteiger partial charge in [-0.3, -0.25) is 4.79 Å². The van der Waals surface area contributed by atoms with Crippen molar-refractivity contribution in [2.75, 3.05) is 0 Å². The molecule has 0 aromatic heterocycles. The quantitative estimate of drug-likeness (QED) is 0.452. The summed E-state index contributed by atoms with van der Waals surface area (Å²) in [4.78, 5) is 10.9. The van der Waals surface area contributed by atoms with Crippen LogP contribution in [0.4, 0.5) is 0 Å². The molecule has 2 heteroatoms. The van der Waals surface area contributed by atoms with E-state index in [-0.39, 0.29) is 17.5 Å². The highest BCUT2D eigenvalue weighted by Gasteiger charge is 2.65. The van der Waals surface area contributed by atoms with Gasteiger partial charge in [0.2, 0.25) is 0 Å². The topological polar surface area (TPSA) is 26.3 Å². The Balaban J connectivity index is 2.28. The molecule has 2 aliphatic rings. The fraction of sp³-hybridized carbons (Fsp3) is 0.857. The highest BCUT2D eigenvalue weighted by Crippen LogP contribution is 2.60. The third kappa shape index (κ3) is 0.443. The van der Waals surface area contributed by atoms with Crippen LogP contribution >= 0.6 is 0 Å². The molecule has 50 valence electrons. The van der Waals surface area contributed by atoms with Crippen molar-refractivity contribution in [1.82, 2.24) is 0 Å². The molecule has 0 aromatic carbocycles. The number of cyclic esters (lactones) is 1. The third-order valence-electron chi connectivity index (χ3n) is 2.63. The summed E-state index contributed by atoms with van der Waals surface area (Å²) < 4.78 is 4.99. The number of esters is 1. The molecular weight excluding hydrogens is 116 g/mol. The Labute approximate surface area is 54.2 Å². The highest BCUT2D eigenvalue weighted by molar-refractivity contribution is 5.83. The van der Waals surface area contributed by atoms with E-state index in [0.717, 1.165) is 6.42 Å². The lowest BCUT2D eigenvalue weighted by molar-refractivity contribution is -0.147. The second kappa shape index (κ2) is 1.15. The zero-order chi connectivity index (χ0) is 6.65. The minimum absolute atomic E-state index is 0.0139. The molecule has 1 aliphatic heterocycles. The van der Waals surface area contributed by atoms with Crippen molar-refractivity contribution in [3.63, 3.8) is 0 Å². The summed E-state index contributed by atoms with van der Waals surface area (Å²) >= 11 is 0. The van der Waals surface area contributed by atoms with Gasteiger partial charge in [-0.2, -0.15) is 0 Å². The summed E-state index contributed by atoms with van der Waals surface area (Å²) in [7, 11) is 0. The van der Waals surface area contributed by atoms with E-state index in [4.69, 9.17) is 4.74 Å². The van der Waals surface area contributed by atoms with Crippen molar-refractivity contribution >= 4 is 5.97 Å². The smallest absolute Gasteiger partial charge is 0.312 e. The molecule has 3 unspecified atom stereocenters. The molecule has 1 saturated carbocycles. The Bertz CT molecular complexity index is 176. The molecule has 1 heterocycles. The van der Waals surface area contributed by atoms with Crippen LogP contribution in [0.2, 0.25) is 0 Å². The zero-order valence-electron chi connectivity index (χ0n) is 5.68. The third-order valence-corrected chi connectivity index (χ3v) is 2.63. The first-order valence-corrected chi connectivity index (χ1v) is 3.36. The number of rotatable bonds is 0. The maximum Gasteiger partial charge on any atom is 0.312 e. The van der Waals surface area contributed by atoms with Crippen LogP contribution in [0.25, 0.3) is 0 Å². The lowest BCUT2D eigenvalue weighted by Crippen LogP contribution is -2.10. The van der Waals surface area contributed by atoms with E-state index >= 15 is 0 Å². The van der Waals surface area contributed by atoms with E-state index in [1.807, 2.05) is 13.8 Å². The molecule has 0 amide bonds. The first-order chi connectivity index (χ1) is 4.14. The van der Waals surface area contributed by atoms with E-state index in [0.29, 0.717) is 5.92 Å². The van der Waals surface area contributed by atoms with Crippen molar-refractivity contribution in [2.45, 2.75) is 26.4 Å². The molecule has 0 N–H and O–H groups in total. The predicted octanol–water partition coefficient (Wildman–Crippen LogP) is 0.958. The van der Waals surface area contributed by atoms with Crippen LogP contribution in [-0.2, 0) is 9.53 Å². The maximum atomic E-state index is 10.9. The first kappa shape index (κ1) is 5.27. The summed E-state index contributed by atoms with van der Waals surface area (Å²) in [6, 6.07) is 0. The van der Waals surface area contributed by atoms with Crippen LogP contribution in [0.1, 0.15) is 20.3 Å². The maximum absolute atomic E-state index is 10.9. The molecule has 0 spiro atoms. The number of ether oxygens (including phenoxy) is 1. The van der Waals surface area contributed by atoms with Gasteiger partial charge in [-0.15, -0.1) is 0 Å². The van der Waals surface area contributed by atoms with Crippen molar-refractivity contribution in [2.24, 2.45) is 11.3 Å². The van der Waals surface area contributed by atoms with E-state index in [2.05, 4.69) is 0 Å². The van der Waals surface area contributed by atoms with Gasteiger partial charge >= 0.3 is 5.97 Å². The number of carbonyl (C=O) groups excluding carboxylic acids is 1. The molecule has 0 aromatic rings. The Morgan fingerprint density at radius 2 is 2.44 bits per heavy atom. The van der Waals surface area contributed by atoms with Gasteiger partial charge in [0.1, 0.15) is 6.10 Å². The van der Waals surface area contributed by atoms with E-state index in [1.165, 1.54) is 0 Å². The van der Waals surface area contributed by atoms with Gasteiger partial charge in [-0.1, -0.05) is 0 Å². The lowest BCUT2D eigenvalue weighted by atomic mass is 10.1. The van der Waals surface area contributed by atoms with Gasteiger partial charge < -0.3 is 4.74 Å². The highest BCUT2D eigenvalue weighted by atomic mass is 16.6. The van der Waals surface area contributed by atoms with Crippen LogP contribution in [0, 0.1) is 11.3 Å². The second-order valence-corrected chi connectivity index (χ2v) is 3.34. The number of hydrogen-bond donors (Lipinski definition) is 0. The SMILES string of the molecule is CC1OC(=O)C2(C)CC12. The standard InChI is InChI=1S/C7H10O2/c1-4-5-3-7(5,2)6(8)9-4/h4-5H,3H2,1-2H3. The summed E-state index contributed by atoms with van der Waals surface area (Å²) in [5, 5.41) is 0. The van der Waals surface area contributed by atoms with Crippen LogP contribution in [-0.4, -0.2) is 12.1 Å². The second-order valence-electron chi connectivity index (χ2n) is 3.34. The van der Waals surface area contributed by atoms with Crippen LogP contribution in [0.15, 0.2) is 0 Å². The first-order valence-electron chi connectivity index (χ1n) is 3.36. The molecule has 1 aliphatic carbocycles. The van der Waals surface area contributed by atoms with E-state index in [1.54, 1.807) is 0 Å². The van der Waals surface area contributed by atoms with E-state index < -0.39 is 0 Å². The molecule has 2 rings (SSSR count). The average Bonchev–Trinajstić information content (AvgIpc) is 2.38. The van der Waals surface area contributed by atoms with Crippen LogP contribution in [0.3, 0.4) is 0 Å². The largest absolute Gasteiger partial charge is 0.462 e. The summed E-state index contributed by atoms with van der Waals surface area (Å²) in [6.07, 6.45) is 1.23. The minimum Gasteiger partial charge on any atom is -0.462 e. The van der Waals surface area contributed by atoms with Gasteiger partial charge in [0.25, 0.3) is 0 Å². The van der Waals surface area contributed by atoms with Crippen molar-refractivity contribution < 1.29 is 9.53 Å². The molecule has 1 saturated heterocycles. The van der Waals surface area contributed by atoms with Gasteiger partial charge in [-0.05, 0) is 20.3 Å². The van der Waals surface area contributed by atoms with Crippen molar-refractivity contribution in [3.05, 3.63) is 0 Å². The Morgan fingerprint density at radius 3 is 2.56 bits per heavy atom. The van der Waals surface area contributed by atoms with Gasteiger partial charge in [0, 0.05) is 5.92 Å². The molecule has 9 heavy (non-hydrogen) atoms. The molecular formula is C7H10O2. The fourth-order valence-electron chi connectivity index (χ4n) is 1.70. The summed E-state index contributed by atoms with van der Waals surface area (Å²) in [5.74, 6) is 0.546. The zero-order valence-corrected chi connectivity index (χ0v) is 5.68. The fourth-order valence-corrected chi connectivity index (χ4v) is 1.70. The monoisotopic (exact) mass is 126 g/mol. The summed E-state index contributed by atoms with van der Waals surface area (Å²) in [5.41, 5.74) is -0.0700. The van der Waals surface area contributed by atoms with E-state index in [9.17, 15) is 4.79 Å². The van der Waals surface area contributed by atoms with Crippen LogP contribution < -0.4 is 0 Å². The molecule has 0 bridgehead atoms. The predicted molar refractivity (Wildman–Crippen MR) is 31.8 cm³/mol. The Kier molecular flexibility index (Phi) is 0.675. The normalized spacial score (nSPS) is 54.7. The summed E-state index contributed by atoms with van der Waals surface area (Å²) in [6.45, 7) is 3.96. The van der Waals surface area contributed by atoms with Crippen LogP contribution in [0.5, 0.6) is 0 Å². The Hall–Kier alpha value is -0.530. The molecule has 2 fully saturated rings. The Morgan fingerprint density at radius 1 is 1.78 bits per heavy atom. The number of hydrogen-bond acceptors (Lipinski definition) is 2. The number of carbonyl (C=O) groups is 1. The number of fused-ring (bicyclic) bond motifs is 1. The van der Waals surface area contributed by atoms with Gasteiger partial charge in [0.15, 0.2) is 0 Å². The van der Waals surface area contributed by atoms with Gasteiger partial charge in [-0.25, -0.2) is 0 Å². The van der Waals surface area contributed by atoms with Gasteiger partial charge in [0.05, 0.1) is 5.41 Å².